The van der Waals surface area contributed by atoms with Crippen LogP contribution in [-0.4, -0.2) is 32.7 Å². The molecule has 1 saturated heterocycles. The Balaban J connectivity index is 1.96. The molecule has 1 aliphatic heterocycles. The van der Waals surface area contributed by atoms with Crippen LogP contribution < -0.4 is 0 Å². The highest BCUT2D eigenvalue weighted by molar-refractivity contribution is 8.14. The maximum absolute atomic E-state index is 11.8. The minimum absolute atomic E-state index is 0.0582. The standard InChI is InChI=1S/C12H13ClN2O2S/c1-8(16)18-10-4-12(17)15(7-10)6-9-2-3-11(13)14-5-9/h2-3,5,10H,4,6-7H2,1H3. The van der Waals surface area contributed by atoms with Crippen molar-refractivity contribution >= 4 is 34.4 Å². The summed E-state index contributed by atoms with van der Waals surface area (Å²) in [6.07, 6.45) is 2.10. The van der Waals surface area contributed by atoms with E-state index in [9.17, 15) is 9.59 Å². The molecule has 0 aromatic carbocycles. The van der Waals surface area contributed by atoms with Gasteiger partial charge in [0, 0.05) is 37.9 Å². The highest BCUT2D eigenvalue weighted by atomic mass is 35.5. The molecule has 0 bridgehead atoms. The zero-order chi connectivity index (χ0) is 13.1. The summed E-state index contributed by atoms with van der Waals surface area (Å²) >= 11 is 6.95. The van der Waals surface area contributed by atoms with Crippen molar-refractivity contribution in [1.82, 2.24) is 9.88 Å². The molecule has 18 heavy (non-hydrogen) atoms. The smallest absolute Gasteiger partial charge is 0.224 e. The quantitative estimate of drug-likeness (QED) is 0.798. The van der Waals surface area contributed by atoms with E-state index >= 15 is 0 Å². The molecule has 1 amide bonds. The van der Waals surface area contributed by atoms with E-state index in [2.05, 4.69) is 4.98 Å². The van der Waals surface area contributed by atoms with E-state index in [0.717, 1.165) is 5.56 Å². The molecule has 0 N–H and O–H groups in total. The Labute approximate surface area is 115 Å². The number of thioether (sulfide) groups is 1. The molecule has 0 aliphatic carbocycles. The number of hydrogen-bond acceptors (Lipinski definition) is 4. The molecule has 1 fully saturated rings. The Morgan fingerprint density at radius 3 is 3.00 bits per heavy atom. The summed E-state index contributed by atoms with van der Waals surface area (Å²) in [5.74, 6) is 0.0868. The number of pyridine rings is 1. The van der Waals surface area contributed by atoms with E-state index in [1.807, 2.05) is 6.07 Å². The number of nitrogens with zero attached hydrogens (tertiary/aromatic N) is 2. The van der Waals surface area contributed by atoms with Crippen molar-refractivity contribution in [2.24, 2.45) is 0 Å². The summed E-state index contributed by atoms with van der Waals surface area (Å²) in [4.78, 5) is 28.5. The molecule has 1 aromatic heterocycles. The summed E-state index contributed by atoms with van der Waals surface area (Å²) in [6.45, 7) is 2.67. The van der Waals surface area contributed by atoms with Gasteiger partial charge in [0.15, 0.2) is 5.12 Å². The number of halogens is 1. The fourth-order valence-corrected chi connectivity index (χ4v) is 2.98. The first kappa shape index (κ1) is 13.4. The zero-order valence-corrected chi connectivity index (χ0v) is 11.5. The summed E-state index contributed by atoms with van der Waals surface area (Å²) < 4.78 is 0. The van der Waals surface area contributed by atoms with Gasteiger partial charge in [-0.3, -0.25) is 9.59 Å². The van der Waals surface area contributed by atoms with E-state index in [1.165, 1.54) is 18.7 Å². The van der Waals surface area contributed by atoms with Crippen molar-refractivity contribution in [2.45, 2.75) is 25.1 Å². The summed E-state index contributed by atoms with van der Waals surface area (Å²) in [5, 5.41) is 0.578. The van der Waals surface area contributed by atoms with Gasteiger partial charge >= 0.3 is 0 Å². The van der Waals surface area contributed by atoms with Crippen LogP contribution in [-0.2, 0) is 16.1 Å². The molecule has 0 saturated carbocycles. The molecule has 1 aliphatic rings. The van der Waals surface area contributed by atoms with Crippen LogP contribution in [0, 0.1) is 0 Å². The molecule has 1 atom stereocenters. The lowest BCUT2D eigenvalue weighted by atomic mass is 10.3. The lowest BCUT2D eigenvalue weighted by molar-refractivity contribution is -0.128. The van der Waals surface area contributed by atoms with Crippen LogP contribution in [0.2, 0.25) is 5.15 Å². The Bertz CT molecular complexity index is 464. The fraction of sp³-hybridized carbons (Fsp3) is 0.417. The van der Waals surface area contributed by atoms with Crippen LogP contribution in [0.4, 0.5) is 0 Å². The van der Waals surface area contributed by atoms with Gasteiger partial charge in [0.25, 0.3) is 0 Å². The van der Waals surface area contributed by atoms with Crippen LogP contribution in [0.5, 0.6) is 0 Å². The van der Waals surface area contributed by atoms with E-state index in [-0.39, 0.29) is 16.3 Å². The Morgan fingerprint density at radius 1 is 1.61 bits per heavy atom. The first-order valence-corrected chi connectivity index (χ1v) is 6.86. The van der Waals surface area contributed by atoms with Crippen molar-refractivity contribution in [3.8, 4) is 0 Å². The van der Waals surface area contributed by atoms with E-state index < -0.39 is 0 Å². The largest absolute Gasteiger partial charge is 0.337 e. The highest BCUT2D eigenvalue weighted by Crippen LogP contribution is 2.25. The van der Waals surface area contributed by atoms with Gasteiger partial charge in [-0.15, -0.1) is 0 Å². The molecule has 1 aromatic rings. The average molecular weight is 285 g/mol. The van der Waals surface area contributed by atoms with Crippen molar-refractivity contribution in [3.05, 3.63) is 29.0 Å². The molecule has 1 unspecified atom stereocenters. The first-order valence-electron chi connectivity index (χ1n) is 5.60. The predicted octanol–water partition coefficient (Wildman–Crippen LogP) is 2.12. The number of amides is 1. The predicted molar refractivity (Wildman–Crippen MR) is 71.3 cm³/mol. The fourth-order valence-electron chi connectivity index (χ4n) is 1.92. The first-order chi connectivity index (χ1) is 8.54. The minimum atomic E-state index is 0.0582. The Kier molecular flexibility index (Phi) is 4.24. The normalized spacial score (nSPS) is 19.3. The van der Waals surface area contributed by atoms with E-state index in [0.29, 0.717) is 24.7 Å². The summed E-state index contributed by atoms with van der Waals surface area (Å²) in [7, 11) is 0. The van der Waals surface area contributed by atoms with Crippen molar-refractivity contribution in [3.63, 3.8) is 0 Å². The number of aromatic nitrogens is 1. The zero-order valence-electron chi connectivity index (χ0n) is 9.93. The number of carbonyl (C=O) groups excluding carboxylic acids is 2. The van der Waals surface area contributed by atoms with E-state index in [4.69, 9.17) is 11.6 Å². The summed E-state index contributed by atoms with van der Waals surface area (Å²) in [6, 6.07) is 3.56. The molecule has 96 valence electrons. The van der Waals surface area contributed by atoms with Crippen molar-refractivity contribution in [2.75, 3.05) is 6.54 Å². The van der Waals surface area contributed by atoms with Crippen molar-refractivity contribution in [1.29, 1.82) is 0 Å². The van der Waals surface area contributed by atoms with Gasteiger partial charge in [-0.05, 0) is 11.6 Å². The number of hydrogen-bond donors (Lipinski definition) is 0. The molecule has 6 heteroatoms. The second-order valence-electron chi connectivity index (χ2n) is 4.20. The molecule has 0 radical (unpaired) electrons. The third-order valence-electron chi connectivity index (χ3n) is 2.67. The lowest BCUT2D eigenvalue weighted by Crippen LogP contribution is -2.25. The minimum Gasteiger partial charge on any atom is -0.337 e. The van der Waals surface area contributed by atoms with Gasteiger partial charge in [-0.25, -0.2) is 4.98 Å². The van der Waals surface area contributed by atoms with Gasteiger partial charge in [0.05, 0.1) is 0 Å². The number of carbonyl (C=O) groups is 2. The third-order valence-corrected chi connectivity index (χ3v) is 3.88. The lowest BCUT2D eigenvalue weighted by Gasteiger charge is -2.16. The summed E-state index contributed by atoms with van der Waals surface area (Å²) in [5.41, 5.74) is 0.946. The monoisotopic (exact) mass is 284 g/mol. The van der Waals surface area contributed by atoms with Gasteiger partial charge in [-0.2, -0.15) is 0 Å². The van der Waals surface area contributed by atoms with Crippen LogP contribution >= 0.6 is 23.4 Å². The average Bonchev–Trinajstić information content (AvgIpc) is 2.61. The molecule has 4 nitrogen and oxygen atoms in total. The number of rotatable bonds is 3. The highest BCUT2D eigenvalue weighted by Gasteiger charge is 2.30. The van der Waals surface area contributed by atoms with Gasteiger partial charge in [0.2, 0.25) is 5.91 Å². The molecular formula is C12H13ClN2O2S. The van der Waals surface area contributed by atoms with E-state index in [1.54, 1.807) is 17.2 Å². The molecule has 2 rings (SSSR count). The van der Waals surface area contributed by atoms with Crippen molar-refractivity contribution < 1.29 is 9.59 Å². The molecular weight excluding hydrogens is 272 g/mol. The SMILES string of the molecule is CC(=O)SC1CC(=O)N(Cc2ccc(Cl)nc2)C1. The van der Waals surface area contributed by atoms with Gasteiger partial charge in [-0.1, -0.05) is 29.4 Å². The topological polar surface area (TPSA) is 50.3 Å². The maximum Gasteiger partial charge on any atom is 0.224 e. The second kappa shape index (κ2) is 5.71. The third kappa shape index (κ3) is 3.46. The Morgan fingerprint density at radius 2 is 2.39 bits per heavy atom. The Hall–Kier alpha value is -1.07. The second-order valence-corrected chi connectivity index (χ2v) is 6.06. The van der Waals surface area contributed by atoms with Gasteiger partial charge in [0.1, 0.15) is 5.15 Å². The van der Waals surface area contributed by atoms with Gasteiger partial charge < -0.3 is 4.90 Å². The van der Waals surface area contributed by atoms with Crippen LogP contribution in [0.25, 0.3) is 0 Å². The van der Waals surface area contributed by atoms with Crippen LogP contribution in [0.3, 0.4) is 0 Å². The van der Waals surface area contributed by atoms with Crippen LogP contribution in [0.1, 0.15) is 18.9 Å². The number of likely N-dealkylation sites (tertiary alicyclic amines) is 1. The maximum atomic E-state index is 11.8. The molecule has 2 heterocycles. The van der Waals surface area contributed by atoms with Crippen LogP contribution in [0.15, 0.2) is 18.3 Å². The molecule has 0 spiro atoms.